The Morgan fingerprint density at radius 3 is 2.33 bits per heavy atom. The molecule has 0 aliphatic carbocycles. The van der Waals surface area contributed by atoms with Gasteiger partial charge < -0.3 is 0 Å². The monoisotopic (exact) mass is 129 g/mol. The first kappa shape index (κ1) is 8.60. The van der Waals surface area contributed by atoms with Crippen LogP contribution < -0.4 is 0 Å². The second-order valence-corrected chi connectivity index (χ2v) is 3.01. The topological polar surface area (TPSA) is 29.4 Å². The van der Waals surface area contributed by atoms with Crippen LogP contribution in [0, 0.1) is 4.91 Å². The summed E-state index contributed by atoms with van der Waals surface area (Å²) in [5.41, 5.74) is -0.337. The largest absolute Gasteiger partial charge is 0.150 e. The molecule has 0 saturated carbocycles. The van der Waals surface area contributed by atoms with Crippen molar-refractivity contribution in [1.82, 2.24) is 0 Å². The van der Waals surface area contributed by atoms with Crippen LogP contribution in [0.1, 0.15) is 40.0 Å². The summed E-state index contributed by atoms with van der Waals surface area (Å²) in [5, 5.41) is 3.01. The van der Waals surface area contributed by atoms with Crippen LogP contribution in [0.2, 0.25) is 0 Å². The molecule has 54 valence electrons. The zero-order valence-electron chi connectivity index (χ0n) is 6.48. The van der Waals surface area contributed by atoms with Crippen LogP contribution in [0.25, 0.3) is 0 Å². The van der Waals surface area contributed by atoms with Crippen LogP contribution in [-0.4, -0.2) is 5.54 Å². The molecule has 0 spiro atoms. The van der Waals surface area contributed by atoms with Gasteiger partial charge >= 0.3 is 0 Å². The molecular formula is C7H15NO. The molecule has 2 heteroatoms. The fourth-order valence-corrected chi connectivity index (χ4v) is 0.655. The summed E-state index contributed by atoms with van der Waals surface area (Å²) >= 11 is 0. The molecule has 0 saturated heterocycles. The lowest BCUT2D eigenvalue weighted by atomic mass is 9.99. The van der Waals surface area contributed by atoms with Gasteiger partial charge in [0.25, 0.3) is 0 Å². The average molecular weight is 129 g/mol. The maximum atomic E-state index is 10.1. The van der Waals surface area contributed by atoms with Gasteiger partial charge in [0.15, 0.2) is 0 Å². The molecule has 2 nitrogen and oxygen atoms in total. The fourth-order valence-electron chi connectivity index (χ4n) is 0.655. The van der Waals surface area contributed by atoms with E-state index in [9.17, 15) is 4.91 Å². The van der Waals surface area contributed by atoms with E-state index in [0.717, 1.165) is 19.3 Å². The van der Waals surface area contributed by atoms with Gasteiger partial charge in [0.2, 0.25) is 0 Å². The van der Waals surface area contributed by atoms with E-state index in [1.165, 1.54) is 0 Å². The average Bonchev–Trinajstić information content (AvgIpc) is 1.84. The van der Waals surface area contributed by atoms with E-state index in [1.807, 2.05) is 13.8 Å². The molecular weight excluding hydrogens is 114 g/mol. The van der Waals surface area contributed by atoms with Crippen molar-refractivity contribution in [2.24, 2.45) is 5.18 Å². The normalized spacial score (nSPS) is 11.4. The first-order valence-electron chi connectivity index (χ1n) is 3.47. The molecule has 0 heterocycles. The number of rotatable bonds is 4. The van der Waals surface area contributed by atoms with Crippen LogP contribution in [0.4, 0.5) is 0 Å². The van der Waals surface area contributed by atoms with Gasteiger partial charge in [-0.2, -0.15) is 4.91 Å². The third kappa shape index (κ3) is 4.13. The summed E-state index contributed by atoms with van der Waals surface area (Å²) in [6.45, 7) is 5.85. The van der Waals surface area contributed by atoms with Crippen molar-refractivity contribution >= 4 is 0 Å². The second-order valence-electron chi connectivity index (χ2n) is 3.01. The van der Waals surface area contributed by atoms with E-state index < -0.39 is 0 Å². The predicted molar refractivity (Wildman–Crippen MR) is 39.4 cm³/mol. The Morgan fingerprint density at radius 2 is 2.00 bits per heavy atom. The summed E-state index contributed by atoms with van der Waals surface area (Å²) in [4.78, 5) is 10.1. The zero-order valence-corrected chi connectivity index (χ0v) is 6.48. The van der Waals surface area contributed by atoms with Gasteiger partial charge in [0.05, 0.1) is 5.54 Å². The van der Waals surface area contributed by atoms with Crippen LogP contribution in [0.15, 0.2) is 5.18 Å². The fraction of sp³-hybridized carbons (Fsp3) is 1.00. The lowest BCUT2D eigenvalue weighted by Crippen LogP contribution is -2.14. The highest BCUT2D eigenvalue weighted by Gasteiger charge is 2.15. The van der Waals surface area contributed by atoms with Crippen molar-refractivity contribution in [3.8, 4) is 0 Å². The molecule has 9 heavy (non-hydrogen) atoms. The summed E-state index contributed by atoms with van der Waals surface area (Å²) in [6.07, 6.45) is 3.14. The van der Waals surface area contributed by atoms with Gasteiger partial charge in [0.1, 0.15) is 0 Å². The number of nitroso groups, excluding NO2 is 1. The molecule has 0 aliphatic rings. The van der Waals surface area contributed by atoms with Crippen molar-refractivity contribution < 1.29 is 0 Å². The minimum atomic E-state index is -0.337. The van der Waals surface area contributed by atoms with Crippen molar-refractivity contribution in [2.45, 2.75) is 45.6 Å². The Labute approximate surface area is 56.6 Å². The summed E-state index contributed by atoms with van der Waals surface area (Å²) in [5.74, 6) is 0. The predicted octanol–water partition coefficient (Wildman–Crippen LogP) is 2.72. The maximum Gasteiger partial charge on any atom is 0.0970 e. The number of nitrogens with zero attached hydrogens (tertiary/aromatic N) is 1. The highest BCUT2D eigenvalue weighted by atomic mass is 16.3. The van der Waals surface area contributed by atoms with Crippen molar-refractivity contribution in [2.75, 3.05) is 0 Å². The smallest absolute Gasteiger partial charge is 0.0970 e. The van der Waals surface area contributed by atoms with Crippen molar-refractivity contribution in [1.29, 1.82) is 0 Å². The molecule has 0 unspecified atom stereocenters. The van der Waals surface area contributed by atoms with Crippen molar-refractivity contribution in [3.63, 3.8) is 0 Å². The first-order valence-corrected chi connectivity index (χ1v) is 3.47. The second kappa shape index (κ2) is 3.59. The molecule has 0 atom stereocenters. The SMILES string of the molecule is CCCCC(C)(C)N=O. The molecule has 0 fully saturated rings. The quantitative estimate of drug-likeness (QED) is 0.536. The summed E-state index contributed by atoms with van der Waals surface area (Å²) < 4.78 is 0. The number of unbranched alkanes of at least 4 members (excludes halogenated alkanes) is 1. The number of hydrogen-bond acceptors (Lipinski definition) is 2. The molecule has 0 bridgehead atoms. The Kier molecular flexibility index (Phi) is 3.43. The zero-order chi connectivity index (χ0) is 7.33. The lowest BCUT2D eigenvalue weighted by molar-refractivity contribution is 0.455. The molecule has 0 aromatic carbocycles. The van der Waals surface area contributed by atoms with Gasteiger partial charge in [-0.3, -0.25) is 0 Å². The van der Waals surface area contributed by atoms with Gasteiger partial charge in [-0.05, 0) is 20.3 Å². The Morgan fingerprint density at radius 1 is 1.44 bits per heavy atom. The van der Waals surface area contributed by atoms with Crippen LogP contribution >= 0.6 is 0 Å². The summed E-state index contributed by atoms with van der Waals surface area (Å²) in [7, 11) is 0. The minimum Gasteiger partial charge on any atom is -0.150 e. The molecule has 0 aromatic rings. The summed E-state index contributed by atoms with van der Waals surface area (Å²) in [6, 6.07) is 0. The maximum absolute atomic E-state index is 10.1. The Bertz CT molecular complexity index is 88.9. The molecule has 0 N–H and O–H groups in total. The van der Waals surface area contributed by atoms with E-state index in [2.05, 4.69) is 12.1 Å². The lowest BCUT2D eigenvalue weighted by Gasteiger charge is -2.12. The van der Waals surface area contributed by atoms with E-state index in [-0.39, 0.29) is 5.54 Å². The van der Waals surface area contributed by atoms with E-state index >= 15 is 0 Å². The molecule has 0 aliphatic heterocycles. The standard InChI is InChI=1S/C7H15NO/c1-4-5-6-7(2,3)8-9/h4-6H2,1-3H3. The van der Waals surface area contributed by atoms with Gasteiger partial charge in [-0.25, -0.2) is 0 Å². The third-order valence-corrected chi connectivity index (χ3v) is 1.39. The minimum absolute atomic E-state index is 0.337. The van der Waals surface area contributed by atoms with Crippen LogP contribution in [-0.2, 0) is 0 Å². The van der Waals surface area contributed by atoms with E-state index in [0.29, 0.717) is 0 Å². The van der Waals surface area contributed by atoms with Gasteiger partial charge in [-0.15, -0.1) is 0 Å². The highest BCUT2D eigenvalue weighted by Crippen LogP contribution is 2.16. The highest BCUT2D eigenvalue weighted by molar-refractivity contribution is 4.75. The van der Waals surface area contributed by atoms with Crippen molar-refractivity contribution in [3.05, 3.63) is 4.91 Å². The van der Waals surface area contributed by atoms with Crippen LogP contribution in [0.3, 0.4) is 0 Å². The third-order valence-electron chi connectivity index (χ3n) is 1.39. The number of hydrogen-bond donors (Lipinski definition) is 0. The molecule has 0 aromatic heterocycles. The Balaban J connectivity index is 3.45. The van der Waals surface area contributed by atoms with E-state index in [1.54, 1.807) is 0 Å². The van der Waals surface area contributed by atoms with E-state index in [4.69, 9.17) is 0 Å². The molecule has 0 radical (unpaired) electrons. The molecule has 0 amide bonds. The Hall–Kier alpha value is -0.400. The van der Waals surface area contributed by atoms with Crippen LogP contribution in [0.5, 0.6) is 0 Å². The van der Waals surface area contributed by atoms with Gasteiger partial charge in [-0.1, -0.05) is 24.9 Å². The molecule has 0 rings (SSSR count). The van der Waals surface area contributed by atoms with Gasteiger partial charge in [0, 0.05) is 0 Å². The first-order chi connectivity index (χ1) is 4.12.